The number of aliphatic hydroxyl groups is 1. The molecule has 4 rings (SSSR count). The van der Waals surface area contributed by atoms with Gasteiger partial charge in [0.15, 0.2) is 5.78 Å². The Morgan fingerprint density at radius 2 is 1.52 bits per heavy atom. The summed E-state index contributed by atoms with van der Waals surface area (Å²) in [6.45, 7) is 1.19. The fraction of sp³-hybridized carbons (Fsp3) is 0.265. The average molecular weight is 596 g/mol. The highest BCUT2D eigenvalue weighted by atomic mass is 35.5. The van der Waals surface area contributed by atoms with Crippen LogP contribution in [0.25, 0.3) is 0 Å². The first-order valence-electron chi connectivity index (χ1n) is 13.8. The summed E-state index contributed by atoms with van der Waals surface area (Å²) in [5.74, 6) is 0.318. The number of ketones is 1. The molecule has 0 aliphatic heterocycles. The number of Topliss-reactive ketones (excluding diaryl/α,β-unsaturated/α-hetero) is 1. The van der Waals surface area contributed by atoms with E-state index in [9.17, 15) is 18.0 Å². The van der Waals surface area contributed by atoms with Crippen LogP contribution in [0.1, 0.15) is 40.2 Å². The number of nitrogens with zero attached hydrogens (tertiary/aromatic N) is 1. The predicted molar refractivity (Wildman–Crippen MR) is 159 cm³/mol. The fourth-order valence-corrected chi connectivity index (χ4v) is 5.23. The first kappa shape index (κ1) is 31.3. The van der Waals surface area contributed by atoms with Crippen LogP contribution in [-0.2, 0) is 23.9 Å². The van der Waals surface area contributed by atoms with Crippen LogP contribution in [0.15, 0.2) is 103 Å². The van der Waals surface area contributed by atoms with Gasteiger partial charge < -0.3 is 9.84 Å². The zero-order valence-corrected chi connectivity index (χ0v) is 23.8. The van der Waals surface area contributed by atoms with Crippen molar-refractivity contribution >= 4 is 17.4 Å². The highest BCUT2D eigenvalue weighted by Crippen LogP contribution is 2.37. The van der Waals surface area contributed by atoms with Crippen molar-refractivity contribution in [1.29, 1.82) is 0 Å². The number of ether oxygens (including phenoxy) is 1. The first-order valence-corrected chi connectivity index (χ1v) is 14.1. The number of hydrogen-bond donors (Lipinski definition) is 1. The number of hydrogen-bond acceptors (Lipinski definition) is 4. The number of rotatable bonds is 14. The van der Waals surface area contributed by atoms with E-state index in [-0.39, 0.29) is 29.7 Å². The third kappa shape index (κ3) is 8.92. The summed E-state index contributed by atoms with van der Waals surface area (Å²) in [6, 6.07) is 31.3. The molecule has 8 heteroatoms. The van der Waals surface area contributed by atoms with Crippen LogP contribution in [-0.4, -0.2) is 42.1 Å². The zero-order chi connectivity index (χ0) is 30.0. The molecule has 0 radical (unpaired) electrons. The minimum absolute atomic E-state index is 0.0152. The van der Waals surface area contributed by atoms with Gasteiger partial charge in [0.05, 0.1) is 17.2 Å². The van der Waals surface area contributed by atoms with Gasteiger partial charge in [-0.15, -0.1) is 0 Å². The quantitative estimate of drug-likeness (QED) is 0.153. The van der Waals surface area contributed by atoms with Gasteiger partial charge in [-0.1, -0.05) is 96.5 Å². The molecule has 0 aliphatic rings. The van der Waals surface area contributed by atoms with Crippen LogP contribution in [0.2, 0.25) is 5.02 Å². The molecule has 0 amide bonds. The summed E-state index contributed by atoms with van der Waals surface area (Å²) in [4.78, 5) is 13.7. The lowest BCUT2D eigenvalue weighted by atomic mass is 9.90. The lowest BCUT2D eigenvalue weighted by molar-refractivity contribution is -0.137. The van der Waals surface area contributed by atoms with Gasteiger partial charge in [0.2, 0.25) is 0 Å². The van der Waals surface area contributed by atoms with E-state index in [0.717, 1.165) is 22.8 Å². The van der Waals surface area contributed by atoms with Crippen molar-refractivity contribution in [2.75, 3.05) is 26.3 Å². The molecular weight excluding hydrogens is 563 g/mol. The third-order valence-corrected chi connectivity index (χ3v) is 7.43. The number of carbonyl (C=O) groups is 1. The van der Waals surface area contributed by atoms with Gasteiger partial charge in [0, 0.05) is 32.0 Å². The minimum atomic E-state index is -4.54. The molecule has 0 aliphatic carbocycles. The van der Waals surface area contributed by atoms with Crippen molar-refractivity contribution in [1.82, 2.24) is 4.90 Å². The molecule has 42 heavy (non-hydrogen) atoms. The van der Waals surface area contributed by atoms with Crippen molar-refractivity contribution in [2.24, 2.45) is 0 Å². The molecule has 0 atom stereocenters. The summed E-state index contributed by atoms with van der Waals surface area (Å²) in [5.41, 5.74) is 2.53. The zero-order valence-electron chi connectivity index (χ0n) is 23.1. The van der Waals surface area contributed by atoms with Crippen molar-refractivity contribution in [2.45, 2.75) is 31.5 Å². The largest absolute Gasteiger partial charge is 0.494 e. The standard InChI is InChI=1S/C34H33ClF3NO3/c35-33-28(15-8-17-32(33)34(36,37)38)22-39(18-9-19-42-30-16-7-10-25(21-30)20-29(41)24-40)23-31(26-11-3-1-4-12-26)27-13-5-2-6-14-27/h1-8,10-17,21,31,40H,9,18-20,22-24H2. The molecule has 0 bridgehead atoms. The van der Waals surface area contributed by atoms with Crippen LogP contribution in [0.4, 0.5) is 13.2 Å². The van der Waals surface area contributed by atoms with Crippen LogP contribution in [0, 0.1) is 0 Å². The highest BCUT2D eigenvalue weighted by Gasteiger charge is 2.34. The van der Waals surface area contributed by atoms with Gasteiger partial charge in [0.1, 0.15) is 12.4 Å². The summed E-state index contributed by atoms with van der Waals surface area (Å²) in [7, 11) is 0. The van der Waals surface area contributed by atoms with Gasteiger partial charge in [-0.2, -0.15) is 13.2 Å². The van der Waals surface area contributed by atoms with E-state index in [4.69, 9.17) is 21.4 Å². The second-order valence-corrected chi connectivity index (χ2v) is 10.5. The maximum atomic E-state index is 13.6. The first-order chi connectivity index (χ1) is 20.2. The molecule has 220 valence electrons. The van der Waals surface area contributed by atoms with Crippen molar-refractivity contribution in [3.63, 3.8) is 0 Å². The van der Waals surface area contributed by atoms with Crippen molar-refractivity contribution in [3.05, 3.63) is 136 Å². The molecule has 0 spiro atoms. The number of alkyl halides is 3. The Morgan fingerprint density at radius 3 is 2.14 bits per heavy atom. The van der Waals surface area contributed by atoms with Gasteiger partial charge in [-0.25, -0.2) is 0 Å². The summed E-state index contributed by atoms with van der Waals surface area (Å²) in [5, 5.41) is 8.75. The second kappa shape index (κ2) is 15.0. The van der Waals surface area contributed by atoms with E-state index in [1.807, 2.05) is 36.4 Å². The lowest BCUT2D eigenvalue weighted by Crippen LogP contribution is -2.31. The minimum Gasteiger partial charge on any atom is -0.494 e. The van der Waals surface area contributed by atoms with Crippen LogP contribution in [0.3, 0.4) is 0 Å². The Balaban J connectivity index is 1.53. The number of halogens is 4. The van der Waals surface area contributed by atoms with Gasteiger partial charge in [-0.3, -0.25) is 9.69 Å². The van der Waals surface area contributed by atoms with Crippen LogP contribution < -0.4 is 4.74 Å². The second-order valence-electron chi connectivity index (χ2n) is 10.1. The molecule has 0 fully saturated rings. The topological polar surface area (TPSA) is 49.8 Å². The van der Waals surface area contributed by atoms with Crippen LogP contribution >= 0.6 is 11.6 Å². The normalized spacial score (nSPS) is 11.7. The molecule has 0 saturated carbocycles. The Hall–Kier alpha value is -3.65. The van der Waals surface area contributed by atoms with E-state index in [2.05, 4.69) is 29.2 Å². The Morgan fingerprint density at radius 1 is 0.881 bits per heavy atom. The molecular formula is C34H33ClF3NO3. The van der Waals surface area contributed by atoms with Gasteiger partial charge in [0.25, 0.3) is 0 Å². The average Bonchev–Trinajstić information content (AvgIpc) is 2.99. The number of benzene rings is 4. The van der Waals surface area contributed by atoms with E-state index in [1.165, 1.54) is 6.07 Å². The molecule has 0 unspecified atom stereocenters. The van der Waals surface area contributed by atoms with Gasteiger partial charge >= 0.3 is 6.18 Å². The summed E-state index contributed by atoms with van der Waals surface area (Å²) in [6.07, 6.45) is -3.81. The monoisotopic (exact) mass is 595 g/mol. The molecule has 1 N–H and O–H groups in total. The van der Waals surface area contributed by atoms with Gasteiger partial charge in [-0.05, 0) is 46.9 Å². The Bertz CT molecular complexity index is 1390. The van der Waals surface area contributed by atoms with Crippen molar-refractivity contribution < 1.29 is 27.8 Å². The lowest BCUT2D eigenvalue weighted by Gasteiger charge is -2.29. The van der Waals surface area contributed by atoms with Crippen LogP contribution in [0.5, 0.6) is 5.75 Å². The molecule has 0 heterocycles. The van der Waals surface area contributed by atoms with E-state index >= 15 is 0 Å². The molecule has 4 aromatic rings. The summed E-state index contributed by atoms with van der Waals surface area (Å²) < 4.78 is 46.8. The smallest absolute Gasteiger partial charge is 0.417 e. The highest BCUT2D eigenvalue weighted by molar-refractivity contribution is 6.32. The predicted octanol–water partition coefficient (Wildman–Crippen LogP) is 7.57. The number of carbonyl (C=O) groups excluding carboxylic acids is 1. The molecule has 4 nitrogen and oxygen atoms in total. The summed E-state index contributed by atoms with van der Waals surface area (Å²) >= 11 is 6.30. The number of aliphatic hydroxyl groups excluding tert-OH is 1. The molecule has 0 aromatic heterocycles. The Kier molecular flexibility index (Phi) is 11.2. The molecule has 4 aromatic carbocycles. The van der Waals surface area contributed by atoms with E-state index in [1.54, 1.807) is 30.3 Å². The third-order valence-electron chi connectivity index (χ3n) is 6.99. The maximum Gasteiger partial charge on any atom is 0.417 e. The molecule has 0 saturated heterocycles. The Labute approximate surface area is 249 Å². The SMILES string of the molecule is O=C(CO)Cc1cccc(OCCCN(Cc2cccc(C(F)(F)F)c2Cl)CC(c2ccccc2)c2ccccc2)c1. The van der Waals surface area contributed by atoms with E-state index in [0.29, 0.717) is 37.4 Å². The van der Waals surface area contributed by atoms with Crippen molar-refractivity contribution in [3.8, 4) is 5.75 Å². The fourth-order valence-electron chi connectivity index (χ4n) is 4.94. The van der Waals surface area contributed by atoms with E-state index < -0.39 is 18.3 Å². The maximum absolute atomic E-state index is 13.6.